The summed E-state index contributed by atoms with van der Waals surface area (Å²) in [6.07, 6.45) is 2.67. The van der Waals surface area contributed by atoms with Gasteiger partial charge in [-0.25, -0.2) is 0 Å². The molecule has 0 bridgehead atoms. The molecule has 0 aromatic rings. The van der Waals surface area contributed by atoms with Crippen molar-refractivity contribution in [3.8, 4) is 0 Å². The Morgan fingerprint density at radius 1 is 1.50 bits per heavy atom. The van der Waals surface area contributed by atoms with E-state index in [4.69, 9.17) is 5.73 Å². The Morgan fingerprint density at radius 2 is 2.07 bits per heavy atom. The van der Waals surface area contributed by atoms with Crippen LogP contribution in [-0.2, 0) is 4.79 Å². The molecule has 0 aliphatic heterocycles. The van der Waals surface area contributed by atoms with Crippen LogP contribution in [0.25, 0.3) is 0 Å². The number of aliphatic carboxylic acids is 1. The standard InChI is InChI=1S/C11H21NO2/c1-7(2)9-5-4-8(3)6-11(9,12)10(13)14/h7-9H,4-6,12H2,1-3H3,(H,13,14)/t8-,9-,11-/m0/s1. The van der Waals surface area contributed by atoms with Crippen LogP contribution in [-0.4, -0.2) is 16.6 Å². The Labute approximate surface area is 85.7 Å². The van der Waals surface area contributed by atoms with Crippen molar-refractivity contribution in [3.63, 3.8) is 0 Å². The Bertz CT molecular complexity index is 227. The highest BCUT2D eigenvalue weighted by atomic mass is 16.4. The number of hydrogen-bond donors (Lipinski definition) is 2. The van der Waals surface area contributed by atoms with Crippen molar-refractivity contribution in [1.82, 2.24) is 0 Å². The molecule has 1 aliphatic rings. The molecule has 0 aromatic heterocycles. The Hall–Kier alpha value is -0.570. The Balaban J connectivity index is 2.88. The molecular formula is C11H21NO2. The number of carbonyl (C=O) groups is 1. The minimum atomic E-state index is -0.994. The fraction of sp³-hybridized carbons (Fsp3) is 0.909. The van der Waals surface area contributed by atoms with Crippen molar-refractivity contribution in [2.45, 2.75) is 45.6 Å². The molecule has 0 unspecified atom stereocenters. The van der Waals surface area contributed by atoms with E-state index in [-0.39, 0.29) is 5.92 Å². The summed E-state index contributed by atoms with van der Waals surface area (Å²) in [5.41, 5.74) is 5.04. The average molecular weight is 199 g/mol. The smallest absolute Gasteiger partial charge is 0.323 e. The molecule has 0 saturated heterocycles. The lowest BCUT2D eigenvalue weighted by atomic mass is 9.65. The number of carboxylic acids is 1. The van der Waals surface area contributed by atoms with Gasteiger partial charge in [-0.2, -0.15) is 0 Å². The van der Waals surface area contributed by atoms with Crippen molar-refractivity contribution < 1.29 is 9.90 Å². The lowest BCUT2D eigenvalue weighted by Crippen LogP contribution is -2.58. The summed E-state index contributed by atoms with van der Waals surface area (Å²) >= 11 is 0. The normalized spacial score (nSPS) is 38.6. The number of nitrogens with two attached hydrogens (primary N) is 1. The summed E-state index contributed by atoms with van der Waals surface area (Å²) in [7, 11) is 0. The van der Waals surface area contributed by atoms with Crippen LogP contribution < -0.4 is 5.73 Å². The number of rotatable bonds is 2. The predicted octanol–water partition coefficient (Wildman–Crippen LogP) is 1.86. The van der Waals surface area contributed by atoms with Gasteiger partial charge in [-0.1, -0.05) is 27.2 Å². The maximum atomic E-state index is 11.2. The summed E-state index contributed by atoms with van der Waals surface area (Å²) < 4.78 is 0. The molecule has 1 rings (SSSR count). The summed E-state index contributed by atoms with van der Waals surface area (Å²) in [4.78, 5) is 11.2. The number of hydrogen-bond acceptors (Lipinski definition) is 2. The molecule has 0 aromatic carbocycles. The van der Waals surface area contributed by atoms with Crippen LogP contribution in [0.4, 0.5) is 0 Å². The summed E-state index contributed by atoms with van der Waals surface area (Å²) in [5, 5.41) is 9.21. The minimum absolute atomic E-state index is 0.121. The lowest BCUT2D eigenvalue weighted by molar-refractivity contribution is -0.149. The molecule has 82 valence electrons. The van der Waals surface area contributed by atoms with Crippen LogP contribution in [0.15, 0.2) is 0 Å². The molecular weight excluding hydrogens is 178 g/mol. The molecule has 3 nitrogen and oxygen atoms in total. The molecule has 14 heavy (non-hydrogen) atoms. The maximum absolute atomic E-state index is 11.2. The third-order valence-electron chi connectivity index (χ3n) is 3.52. The highest BCUT2D eigenvalue weighted by Gasteiger charge is 2.46. The Kier molecular flexibility index (Phi) is 3.20. The van der Waals surface area contributed by atoms with Crippen molar-refractivity contribution >= 4 is 5.97 Å². The van der Waals surface area contributed by atoms with Crippen molar-refractivity contribution in [1.29, 1.82) is 0 Å². The van der Waals surface area contributed by atoms with Crippen LogP contribution in [0.2, 0.25) is 0 Å². The minimum Gasteiger partial charge on any atom is -0.480 e. The first-order valence-corrected chi connectivity index (χ1v) is 5.40. The summed E-state index contributed by atoms with van der Waals surface area (Å²) in [5.74, 6) is 0.0775. The molecule has 0 radical (unpaired) electrons. The van der Waals surface area contributed by atoms with Gasteiger partial charge in [-0.05, 0) is 30.6 Å². The van der Waals surface area contributed by atoms with E-state index in [9.17, 15) is 9.90 Å². The van der Waals surface area contributed by atoms with E-state index in [0.29, 0.717) is 18.3 Å². The van der Waals surface area contributed by atoms with Crippen molar-refractivity contribution in [3.05, 3.63) is 0 Å². The van der Waals surface area contributed by atoms with Gasteiger partial charge in [-0.3, -0.25) is 4.79 Å². The first-order chi connectivity index (χ1) is 6.38. The van der Waals surface area contributed by atoms with E-state index in [0.717, 1.165) is 12.8 Å². The van der Waals surface area contributed by atoms with E-state index in [1.807, 2.05) is 0 Å². The van der Waals surface area contributed by atoms with E-state index in [1.54, 1.807) is 0 Å². The molecule has 1 aliphatic carbocycles. The van der Waals surface area contributed by atoms with Crippen LogP contribution in [0.5, 0.6) is 0 Å². The fourth-order valence-electron chi connectivity index (χ4n) is 2.73. The van der Waals surface area contributed by atoms with Gasteiger partial charge in [0.2, 0.25) is 0 Å². The van der Waals surface area contributed by atoms with Gasteiger partial charge < -0.3 is 10.8 Å². The molecule has 0 spiro atoms. The van der Waals surface area contributed by atoms with E-state index in [2.05, 4.69) is 20.8 Å². The van der Waals surface area contributed by atoms with Crippen LogP contribution in [0.3, 0.4) is 0 Å². The largest absolute Gasteiger partial charge is 0.480 e. The molecule has 1 saturated carbocycles. The second-order valence-corrected chi connectivity index (χ2v) is 5.08. The van der Waals surface area contributed by atoms with E-state index in [1.165, 1.54) is 0 Å². The number of carboxylic acid groups (broad SMARTS) is 1. The predicted molar refractivity (Wildman–Crippen MR) is 55.9 cm³/mol. The maximum Gasteiger partial charge on any atom is 0.323 e. The zero-order valence-corrected chi connectivity index (χ0v) is 9.29. The summed E-state index contributed by atoms with van der Waals surface area (Å²) in [6.45, 7) is 6.21. The highest BCUT2D eigenvalue weighted by molar-refractivity contribution is 5.79. The van der Waals surface area contributed by atoms with E-state index >= 15 is 0 Å². The second-order valence-electron chi connectivity index (χ2n) is 5.08. The first-order valence-electron chi connectivity index (χ1n) is 5.40. The van der Waals surface area contributed by atoms with Gasteiger partial charge in [0.15, 0.2) is 0 Å². The van der Waals surface area contributed by atoms with Gasteiger partial charge in [0.05, 0.1) is 0 Å². The van der Waals surface area contributed by atoms with Gasteiger partial charge in [-0.15, -0.1) is 0 Å². The van der Waals surface area contributed by atoms with Gasteiger partial charge in [0, 0.05) is 0 Å². The van der Waals surface area contributed by atoms with Crippen LogP contribution >= 0.6 is 0 Å². The van der Waals surface area contributed by atoms with Gasteiger partial charge in [0.25, 0.3) is 0 Å². The monoisotopic (exact) mass is 199 g/mol. The summed E-state index contributed by atoms with van der Waals surface area (Å²) in [6, 6.07) is 0. The first kappa shape index (κ1) is 11.5. The zero-order chi connectivity index (χ0) is 10.9. The van der Waals surface area contributed by atoms with Crippen molar-refractivity contribution in [2.24, 2.45) is 23.5 Å². The van der Waals surface area contributed by atoms with Crippen molar-refractivity contribution in [2.75, 3.05) is 0 Å². The third-order valence-corrected chi connectivity index (χ3v) is 3.52. The molecule has 0 amide bonds. The second kappa shape index (κ2) is 3.89. The quantitative estimate of drug-likeness (QED) is 0.713. The lowest BCUT2D eigenvalue weighted by Gasteiger charge is -2.42. The Morgan fingerprint density at radius 3 is 2.50 bits per heavy atom. The molecule has 0 heterocycles. The van der Waals surface area contributed by atoms with Crippen LogP contribution in [0, 0.1) is 17.8 Å². The van der Waals surface area contributed by atoms with E-state index < -0.39 is 11.5 Å². The van der Waals surface area contributed by atoms with Gasteiger partial charge in [0.1, 0.15) is 5.54 Å². The molecule has 3 heteroatoms. The zero-order valence-electron chi connectivity index (χ0n) is 9.29. The third kappa shape index (κ3) is 1.92. The average Bonchev–Trinajstić information content (AvgIpc) is 2.02. The molecule has 3 atom stereocenters. The topological polar surface area (TPSA) is 63.3 Å². The van der Waals surface area contributed by atoms with Crippen LogP contribution in [0.1, 0.15) is 40.0 Å². The van der Waals surface area contributed by atoms with Gasteiger partial charge >= 0.3 is 5.97 Å². The highest BCUT2D eigenvalue weighted by Crippen LogP contribution is 2.39. The fourth-order valence-corrected chi connectivity index (χ4v) is 2.73. The molecule has 3 N–H and O–H groups in total. The molecule has 1 fully saturated rings. The SMILES string of the molecule is CC(C)[C@@H]1CC[C@H](C)C[C@@]1(N)C(=O)O.